The molecule has 110 valence electrons. The van der Waals surface area contributed by atoms with Crippen LogP contribution in [0, 0.1) is 0 Å². The average Bonchev–Trinajstić information content (AvgIpc) is 2.42. The Hall–Kier alpha value is -0.650. The predicted molar refractivity (Wildman–Crippen MR) is 72.9 cm³/mol. The predicted octanol–water partition coefficient (Wildman–Crippen LogP) is 0.519. The molecule has 5 nitrogen and oxygen atoms in total. The number of amides is 1. The molecule has 1 unspecified atom stereocenters. The molecule has 19 heavy (non-hydrogen) atoms. The Balaban J connectivity index is 1.75. The van der Waals surface area contributed by atoms with Gasteiger partial charge in [-0.3, -0.25) is 9.69 Å². The van der Waals surface area contributed by atoms with E-state index in [9.17, 15) is 4.79 Å². The second-order valence-electron chi connectivity index (χ2n) is 5.59. The summed E-state index contributed by atoms with van der Waals surface area (Å²) in [5, 5.41) is 12.2. The zero-order valence-electron chi connectivity index (χ0n) is 11.6. The van der Waals surface area contributed by atoms with Gasteiger partial charge in [0.1, 0.15) is 0 Å². The number of carbonyl (C=O) groups excluding carboxylic acids is 1. The van der Waals surface area contributed by atoms with E-state index in [-0.39, 0.29) is 18.6 Å². The lowest BCUT2D eigenvalue weighted by Crippen LogP contribution is -2.48. The second kappa shape index (κ2) is 7.82. The maximum atomic E-state index is 12.1. The lowest BCUT2D eigenvalue weighted by Gasteiger charge is -2.35. The van der Waals surface area contributed by atoms with E-state index in [0.29, 0.717) is 12.6 Å². The van der Waals surface area contributed by atoms with Crippen LogP contribution in [0.15, 0.2) is 0 Å². The molecule has 0 bridgehead atoms. The van der Waals surface area contributed by atoms with E-state index < -0.39 is 0 Å². The summed E-state index contributed by atoms with van der Waals surface area (Å²) in [5.41, 5.74) is 0. The normalized spacial score (nSPS) is 26.3. The Morgan fingerprint density at radius 3 is 2.79 bits per heavy atom. The van der Waals surface area contributed by atoms with Gasteiger partial charge < -0.3 is 15.2 Å². The molecule has 0 radical (unpaired) electrons. The Morgan fingerprint density at radius 2 is 2.05 bits per heavy atom. The molecule has 0 aromatic heterocycles. The van der Waals surface area contributed by atoms with Crippen LogP contribution < -0.4 is 5.32 Å². The topological polar surface area (TPSA) is 61.8 Å². The highest BCUT2D eigenvalue weighted by molar-refractivity contribution is 5.78. The maximum Gasteiger partial charge on any atom is 0.234 e. The van der Waals surface area contributed by atoms with Crippen LogP contribution in [0.25, 0.3) is 0 Å². The highest BCUT2D eigenvalue weighted by Crippen LogP contribution is 2.19. The van der Waals surface area contributed by atoms with Crippen LogP contribution >= 0.6 is 0 Å². The summed E-state index contributed by atoms with van der Waals surface area (Å²) >= 11 is 0. The molecular weight excluding hydrogens is 244 g/mol. The molecule has 5 heteroatoms. The summed E-state index contributed by atoms with van der Waals surface area (Å²) in [4.78, 5) is 14.3. The molecule has 2 saturated heterocycles. The molecule has 2 N–H and O–H groups in total. The molecule has 0 aromatic rings. The van der Waals surface area contributed by atoms with Crippen LogP contribution in [0.4, 0.5) is 0 Å². The van der Waals surface area contributed by atoms with Crippen molar-refractivity contribution in [2.45, 2.75) is 50.6 Å². The SMILES string of the molecule is O=C(CN1CCCCC1CCO)NC1CCOCC1. The van der Waals surface area contributed by atoms with Crippen molar-refractivity contribution in [3.8, 4) is 0 Å². The Morgan fingerprint density at radius 1 is 1.26 bits per heavy atom. The van der Waals surface area contributed by atoms with E-state index >= 15 is 0 Å². The molecule has 0 saturated carbocycles. The van der Waals surface area contributed by atoms with Gasteiger partial charge in [0.15, 0.2) is 0 Å². The number of ether oxygens (including phenoxy) is 1. The average molecular weight is 270 g/mol. The van der Waals surface area contributed by atoms with Gasteiger partial charge in [-0.25, -0.2) is 0 Å². The third-order valence-electron chi connectivity index (χ3n) is 4.14. The molecule has 0 spiro atoms. The molecular formula is C14H26N2O3. The number of rotatable bonds is 5. The van der Waals surface area contributed by atoms with E-state index in [1.165, 1.54) is 6.42 Å². The van der Waals surface area contributed by atoms with Crippen LogP contribution in [0.2, 0.25) is 0 Å². The van der Waals surface area contributed by atoms with Crippen LogP contribution in [-0.2, 0) is 9.53 Å². The van der Waals surface area contributed by atoms with Gasteiger partial charge in [0.05, 0.1) is 6.54 Å². The number of piperidine rings is 1. The number of aliphatic hydroxyl groups is 1. The van der Waals surface area contributed by atoms with Gasteiger partial charge in [0.25, 0.3) is 0 Å². The summed E-state index contributed by atoms with van der Waals surface area (Å²) in [6, 6.07) is 0.654. The van der Waals surface area contributed by atoms with Crippen molar-refractivity contribution in [1.82, 2.24) is 10.2 Å². The largest absolute Gasteiger partial charge is 0.396 e. The molecule has 0 aliphatic carbocycles. The van der Waals surface area contributed by atoms with Crippen LogP contribution in [0.3, 0.4) is 0 Å². The van der Waals surface area contributed by atoms with Crippen molar-refractivity contribution in [3.63, 3.8) is 0 Å². The van der Waals surface area contributed by atoms with Crippen molar-refractivity contribution in [2.75, 3.05) is 32.9 Å². The fourth-order valence-corrected chi connectivity index (χ4v) is 3.04. The zero-order chi connectivity index (χ0) is 13.5. The minimum absolute atomic E-state index is 0.122. The molecule has 2 aliphatic rings. The molecule has 2 rings (SSSR count). The summed E-state index contributed by atoms with van der Waals surface area (Å²) in [6.45, 7) is 3.17. The molecule has 2 aliphatic heterocycles. The Kier molecular flexibility index (Phi) is 6.07. The third kappa shape index (κ3) is 4.75. The fourth-order valence-electron chi connectivity index (χ4n) is 3.04. The highest BCUT2D eigenvalue weighted by atomic mass is 16.5. The third-order valence-corrected chi connectivity index (χ3v) is 4.14. The smallest absolute Gasteiger partial charge is 0.234 e. The molecule has 1 atom stereocenters. The Labute approximate surface area is 115 Å². The van der Waals surface area contributed by atoms with Crippen LogP contribution in [0.1, 0.15) is 38.5 Å². The monoisotopic (exact) mass is 270 g/mol. The van der Waals surface area contributed by atoms with Crippen LogP contribution in [-0.4, -0.2) is 60.9 Å². The van der Waals surface area contributed by atoms with Crippen molar-refractivity contribution < 1.29 is 14.6 Å². The van der Waals surface area contributed by atoms with Crippen molar-refractivity contribution in [3.05, 3.63) is 0 Å². The summed E-state index contributed by atoms with van der Waals surface area (Å²) < 4.78 is 5.29. The van der Waals surface area contributed by atoms with Gasteiger partial charge in [0, 0.05) is 31.9 Å². The molecule has 0 aromatic carbocycles. The number of carbonyl (C=O) groups is 1. The van der Waals surface area contributed by atoms with Gasteiger partial charge in [-0.2, -0.15) is 0 Å². The summed E-state index contributed by atoms with van der Waals surface area (Å²) in [5.74, 6) is 0.122. The number of hydrogen-bond acceptors (Lipinski definition) is 4. The van der Waals surface area contributed by atoms with E-state index in [1.54, 1.807) is 0 Å². The first-order valence-electron chi connectivity index (χ1n) is 7.51. The minimum Gasteiger partial charge on any atom is -0.396 e. The highest BCUT2D eigenvalue weighted by Gasteiger charge is 2.24. The Bertz CT molecular complexity index is 278. The van der Waals surface area contributed by atoms with Gasteiger partial charge in [0.2, 0.25) is 5.91 Å². The zero-order valence-corrected chi connectivity index (χ0v) is 11.6. The first kappa shape index (κ1) is 14.8. The first-order valence-corrected chi connectivity index (χ1v) is 7.51. The maximum absolute atomic E-state index is 12.1. The number of nitrogens with zero attached hydrogens (tertiary/aromatic N) is 1. The number of hydrogen-bond donors (Lipinski definition) is 2. The van der Waals surface area contributed by atoms with Crippen molar-refractivity contribution in [1.29, 1.82) is 0 Å². The minimum atomic E-state index is 0.122. The van der Waals surface area contributed by atoms with E-state index in [2.05, 4.69) is 10.2 Å². The van der Waals surface area contributed by atoms with Crippen LogP contribution in [0.5, 0.6) is 0 Å². The van der Waals surface area contributed by atoms with Crippen molar-refractivity contribution in [2.24, 2.45) is 0 Å². The summed E-state index contributed by atoms with van der Waals surface area (Å²) in [6.07, 6.45) is 6.10. The lowest BCUT2D eigenvalue weighted by atomic mass is 9.99. The lowest BCUT2D eigenvalue weighted by molar-refractivity contribution is -0.124. The molecule has 1 amide bonds. The molecule has 2 heterocycles. The van der Waals surface area contributed by atoms with Gasteiger partial charge in [-0.1, -0.05) is 6.42 Å². The van der Waals surface area contributed by atoms with Gasteiger partial charge in [-0.15, -0.1) is 0 Å². The standard InChI is InChI=1S/C14H26N2O3/c17-8-4-13-3-1-2-7-16(13)11-14(18)15-12-5-9-19-10-6-12/h12-13,17H,1-11H2,(H,15,18). The van der Waals surface area contributed by atoms with Gasteiger partial charge >= 0.3 is 0 Å². The summed E-state index contributed by atoms with van der Waals surface area (Å²) in [7, 11) is 0. The number of nitrogens with one attached hydrogen (secondary N) is 1. The second-order valence-corrected chi connectivity index (χ2v) is 5.59. The first-order chi connectivity index (χ1) is 9.29. The number of aliphatic hydroxyl groups excluding tert-OH is 1. The van der Waals surface area contributed by atoms with E-state index in [4.69, 9.17) is 9.84 Å². The quantitative estimate of drug-likeness (QED) is 0.764. The number of likely N-dealkylation sites (tertiary alicyclic amines) is 1. The van der Waals surface area contributed by atoms with E-state index in [0.717, 1.165) is 51.9 Å². The fraction of sp³-hybridized carbons (Fsp3) is 0.929. The van der Waals surface area contributed by atoms with Crippen molar-refractivity contribution >= 4 is 5.91 Å². The van der Waals surface area contributed by atoms with E-state index in [1.807, 2.05) is 0 Å². The van der Waals surface area contributed by atoms with Gasteiger partial charge in [-0.05, 0) is 38.6 Å². The molecule has 2 fully saturated rings.